The van der Waals surface area contributed by atoms with Gasteiger partial charge in [-0.05, 0) is 0 Å². The molecule has 0 amide bonds. The first kappa shape index (κ1) is 41.2. The number of hydrogen-bond acceptors (Lipinski definition) is 0. The summed E-state index contributed by atoms with van der Waals surface area (Å²) >= 11 is -5.30. The molecule has 8 rings (SSSR count). The van der Waals surface area contributed by atoms with Gasteiger partial charge in [0.05, 0.1) is 0 Å². The number of halogens is 2. The fourth-order valence-electron chi connectivity index (χ4n) is 10.6. The third kappa shape index (κ3) is 6.85. The van der Waals surface area contributed by atoms with Gasteiger partial charge in [-0.3, -0.25) is 0 Å². The Morgan fingerprint density at radius 1 is 0.466 bits per heavy atom. The first-order valence-corrected chi connectivity index (χ1v) is 37.5. The van der Waals surface area contributed by atoms with E-state index in [-0.39, 0.29) is 7.25 Å². The van der Waals surface area contributed by atoms with Crippen molar-refractivity contribution in [1.29, 1.82) is 0 Å². The molecular formula is C54H57Cl2SiZr. The third-order valence-electron chi connectivity index (χ3n) is 13.2. The van der Waals surface area contributed by atoms with E-state index in [4.69, 9.17) is 17.0 Å². The monoisotopic (exact) mass is 893 g/mol. The van der Waals surface area contributed by atoms with Gasteiger partial charge in [-0.2, -0.15) is 0 Å². The number of hydrogen-bond donors (Lipinski definition) is 0. The van der Waals surface area contributed by atoms with Crippen LogP contribution in [-0.4, -0.2) is 5.92 Å². The van der Waals surface area contributed by atoms with Gasteiger partial charge in [0.2, 0.25) is 0 Å². The summed E-state index contributed by atoms with van der Waals surface area (Å²) in [5.41, 5.74) is 23.3. The molecule has 2 unspecified atom stereocenters. The van der Waals surface area contributed by atoms with Crippen LogP contribution in [0.25, 0.3) is 45.6 Å². The molecular weight excluding hydrogens is 839 g/mol. The normalized spacial score (nSPS) is 17.0. The molecule has 0 fully saturated rings. The van der Waals surface area contributed by atoms with Crippen molar-refractivity contribution in [3.63, 3.8) is 0 Å². The summed E-state index contributed by atoms with van der Waals surface area (Å²) in [4.78, 5) is 0. The van der Waals surface area contributed by atoms with Crippen LogP contribution < -0.4 is 0 Å². The van der Waals surface area contributed by atoms with Gasteiger partial charge in [0.15, 0.2) is 0 Å². The number of aryl methyl sites for hydroxylation is 4. The summed E-state index contributed by atoms with van der Waals surface area (Å²) in [7, 11) is 18.3. The van der Waals surface area contributed by atoms with Crippen molar-refractivity contribution in [1.82, 2.24) is 0 Å². The fourth-order valence-corrected chi connectivity index (χ4v) is 40.7. The predicted molar refractivity (Wildman–Crippen MR) is 256 cm³/mol. The molecule has 2 aliphatic rings. The average molecular weight is 896 g/mol. The van der Waals surface area contributed by atoms with Crippen molar-refractivity contribution < 1.29 is 15.6 Å². The van der Waals surface area contributed by atoms with Gasteiger partial charge in [-0.15, -0.1) is 0 Å². The molecule has 0 nitrogen and oxygen atoms in total. The summed E-state index contributed by atoms with van der Waals surface area (Å²) in [5.74, 6) is -1.19. The minimum absolute atomic E-state index is 0.0998. The van der Waals surface area contributed by atoms with Gasteiger partial charge in [0, 0.05) is 0 Å². The molecule has 0 N–H and O–H groups in total. The van der Waals surface area contributed by atoms with Gasteiger partial charge in [0.25, 0.3) is 0 Å². The minimum atomic E-state index is -5.30. The van der Waals surface area contributed by atoms with Gasteiger partial charge in [0.1, 0.15) is 0 Å². The SMILES string of the molecule is Cc1cc(C)cc(-c2c(C(C)C)ccc3c2C=C(c2ccccc2)[CH]3[Zr]([Cl])([Cl])([CH]2C(c3ccccc3)=Cc3c2ccc(C(C)C)c3-c2cc(C)cc(C)c2)[SiH](C)C)c1. The maximum absolute atomic E-state index is 9.14. The van der Waals surface area contributed by atoms with Gasteiger partial charge >= 0.3 is 360 Å². The second kappa shape index (κ2) is 15.5. The summed E-state index contributed by atoms with van der Waals surface area (Å²) in [6.45, 7) is 23.1. The van der Waals surface area contributed by atoms with Gasteiger partial charge in [-0.1, -0.05) is 0 Å². The molecule has 2 aliphatic carbocycles. The number of benzene rings is 6. The fraction of sp³-hybridized carbons (Fsp3) is 0.259. The maximum atomic E-state index is 9.14. The Morgan fingerprint density at radius 2 is 0.810 bits per heavy atom. The molecule has 0 spiro atoms. The van der Waals surface area contributed by atoms with Crippen molar-refractivity contribution in [3.05, 3.63) is 188 Å². The summed E-state index contributed by atoms with van der Waals surface area (Å²) < 4.78 is -0.200. The first-order chi connectivity index (χ1) is 27.6. The van der Waals surface area contributed by atoms with Crippen LogP contribution >= 0.6 is 17.0 Å². The second-order valence-electron chi connectivity index (χ2n) is 18.3. The summed E-state index contributed by atoms with van der Waals surface area (Å²) in [6.07, 6.45) is 5.02. The van der Waals surface area contributed by atoms with E-state index in [1.54, 1.807) is 0 Å². The molecule has 0 radical (unpaired) electrons. The van der Waals surface area contributed by atoms with Crippen molar-refractivity contribution in [3.8, 4) is 22.3 Å². The molecule has 6 aromatic carbocycles. The molecule has 58 heavy (non-hydrogen) atoms. The molecule has 295 valence electrons. The van der Waals surface area contributed by atoms with E-state index in [9.17, 15) is 0 Å². The van der Waals surface area contributed by atoms with Crippen LogP contribution in [0.5, 0.6) is 0 Å². The zero-order valence-electron chi connectivity index (χ0n) is 35.8. The summed E-state index contributed by atoms with van der Waals surface area (Å²) in [6, 6.07) is 45.7. The predicted octanol–water partition coefficient (Wildman–Crippen LogP) is 16.4. The molecule has 0 saturated carbocycles. The van der Waals surface area contributed by atoms with E-state index in [0.29, 0.717) is 11.8 Å². The van der Waals surface area contributed by atoms with E-state index in [2.05, 4.69) is 202 Å². The Bertz CT molecular complexity index is 2410. The Kier molecular flexibility index (Phi) is 11.0. The number of allylic oxidation sites excluding steroid dienone is 2. The Morgan fingerprint density at radius 3 is 1.12 bits per heavy atom. The van der Waals surface area contributed by atoms with E-state index in [1.807, 2.05) is 0 Å². The van der Waals surface area contributed by atoms with Crippen LogP contribution in [0.15, 0.2) is 121 Å². The van der Waals surface area contributed by atoms with Crippen molar-refractivity contribution in [2.75, 3.05) is 0 Å². The van der Waals surface area contributed by atoms with E-state index >= 15 is 0 Å². The standard InChI is InChI=1S/2C26H25.C2H7Si.2ClH.Zr/c2*1-17(2)24-11-10-21-15-22(20-8-6-5-7-9-20)16-25(21)26(24)23-13-18(3)12-19(4)14-23;1-3-2;;;/h2*5-17H,1-4H3;3H,1-2H3;2*1H;/q;;;;;+2/p-2. The number of rotatable bonds is 9. The Balaban J connectivity index is 1.49. The second-order valence-corrected chi connectivity index (χ2v) is 60.8. The average Bonchev–Trinajstić information content (AvgIpc) is 3.78. The van der Waals surface area contributed by atoms with Crippen molar-refractivity contribution in [2.45, 2.75) is 87.6 Å². The first-order valence-electron chi connectivity index (χ1n) is 21.2. The number of fused-ring (bicyclic) bond motifs is 2. The molecule has 6 aromatic rings. The molecule has 0 heterocycles. The van der Waals surface area contributed by atoms with Crippen LogP contribution in [0.3, 0.4) is 0 Å². The Labute approximate surface area is 356 Å². The molecule has 0 saturated heterocycles. The van der Waals surface area contributed by atoms with E-state index < -0.39 is 21.5 Å². The van der Waals surface area contributed by atoms with E-state index in [1.165, 1.54) is 100 Å². The van der Waals surface area contributed by atoms with Crippen LogP contribution in [0.1, 0.15) is 114 Å². The quantitative estimate of drug-likeness (QED) is 0.127. The van der Waals surface area contributed by atoms with Crippen LogP contribution in [0, 0.1) is 27.7 Å². The van der Waals surface area contributed by atoms with Gasteiger partial charge < -0.3 is 0 Å². The molecule has 4 heteroatoms. The topological polar surface area (TPSA) is 0 Å². The van der Waals surface area contributed by atoms with Gasteiger partial charge in [-0.25, -0.2) is 0 Å². The van der Waals surface area contributed by atoms with Crippen LogP contribution in [0.2, 0.25) is 13.1 Å². The van der Waals surface area contributed by atoms with E-state index in [0.717, 1.165) is 0 Å². The molecule has 0 aliphatic heterocycles. The van der Waals surface area contributed by atoms with Crippen molar-refractivity contribution >= 4 is 46.2 Å². The van der Waals surface area contributed by atoms with Crippen molar-refractivity contribution in [2.24, 2.45) is 0 Å². The van der Waals surface area contributed by atoms with Crippen LogP contribution in [-0.2, 0) is 15.6 Å². The zero-order valence-corrected chi connectivity index (χ0v) is 41.0. The third-order valence-corrected chi connectivity index (χ3v) is 64.7. The van der Waals surface area contributed by atoms with Crippen LogP contribution in [0.4, 0.5) is 0 Å². The molecule has 2 atom stereocenters. The zero-order chi connectivity index (χ0) is 41.3. The molecule has 0 bridgehead atoms. The Hall–Kier alpha value is -3.52. The summed E-state index contributed by atoms with van der Waals surface area (Å²) in [5, 5.41) is 0. The molecule has 0 aromatic heterocycles.